The number of imide groups is 2. The van der Waals surface area contributed by atoms with E-state index in [9.17, 15) is 33.6 Å². The van der Waals surface area contributed by atoms with Gasteiger partial charge in [-0.2, -0.15) is 4.98 Å². The normalized spacial score (nSPS) is 20.3. The Bertz CT molecular complexity index is 2250. The molecule has 0 bridgehead atoms. The molecule has 1 aliphatic carbocycles. The van der Waals surface area contributed by atoms with Gasteiger partial charge in [0.1, 0.15) is 11.7 Å². The highest BCUT2D eigenvalue weighted by atomic mass is 16.2. The van der Waals surface area contributed by atoms with Gasteiger partial charge in [0, 0.05) is 80.4 Å². The number of piperidine rings is 2. The van der Waals surface area contributed by atoms with Gasteiger partial charge >= 0.3 is 0 Å². The van der Waals surface area contributed by atoms with Crippen LogP contribution in [0.25, 0.3) is 11.0 Å². The summed E-state index contributed by atoms with van der Waals surface area (Å²) in [6, 6.07) is 6.17. The molecule has 3 fully saturated rings. The second kappa shape index (κ2) is 21.1. The molecule has 0 spiro atoms. The van der Waals surface area contributed by atoms with Crippen LogP contribution in [-0.2, 0) is 19.2 Å². The lowest BCUT2D eigenvalue weighted by Gasteiger charge is -2.32. The van der Waals surface area contributed by atoms with E-state index in [1.807, 2.05) is 28.7 Å². The summed E-state index contributed by atoms with van der Waals surface area (Å²) in [5, 5.41) is 12.8. The fraction of sp³-hybridized carbons (Fsp3) is 0.596. The number of nitrogens with one attached hydrogen (secondary N) is 4. The zero-order valence-electron chi connectivity index (χ0n) is 36.8. The highest BCUT2D eigenvalue weighted by Gasteiger charge is 2.45. The monoisotopic (exact) mass is 865 g/mol. The van der Waals surface area contributed by atoms with E-state index in [0.29, 0.717) is 75.1 Å². The van der Waals surface area contributed by atoms with Crippen LogP contribution in [0.4, 0.5) is 11.6 Å². The number of fused-ring (bicyclic) bond motifs is 2. The van der Waals surface area contributed by atoms with Gasteiger partial charge in [0.2, 0.25) is 29.6 Å². The molecule has 63 heavy (non-hydrogen) atoms. The van der Waals surface area contributed by atoms with E-state index in [1.54, 1.807) is 18.2 Å². The lowest BCUT2D eigenvalue weighted by Crippen LogP contribution is -2.54. The van der Waals surface area contributed by atoms with Crippen molar-refractivity contribution in [2.24, 2.45) is 5.92 Å². The van der Waals surface area contributed by atoms with E-state index in [1.165, 1.54) is 0 Å². The number of aromatic nitrogens is 3. The molecule has 1 aromatic carbocycles. The molecule has 2 saturated heterocycles. The van der Waals surface area contributed by atoms with E-state index in [2.05, 4.69) is 33.2 Å². The Balaban J connectivity index is 0.700. The minimum Gasteiger partial charge on any atom is -0.384 e. The molecular weight excluding hydrogens is 803 g/mol. The number of carbonyl (C=O) groups excluding carboxylic acids is 6. The average Bonchev–Trinajstić information content (AvgIpc) is 3.80. The van der Waals surface area contributed by atoms with E-state index in [0.717, 1.165) is 92.9 Å². The number of hydrogen-bond donors (Lipinski definition) is 4. The largest absolute Gasteiger partial charge is 0.384 e. The fourth-order valence-electron chi connectivity index (χ4n) is 9.66. The van der Waals surface area contributed by atoms with Crippen molar-refractivity contribution in [3.8, 4) is 0 Å². The number of nitrogens with zero attached hydrogens (tertiary/aromatic N) is 5. The first-order valence-corrected chi connectivity index (χ1v) is 23.3. The molecule has 3 aromatic rings. The van der Waals surface area contributed by atoms with Crippen molar-refractivity contribution in [1.29, 1.82) is 0 Å². The Kier molecular flexibility index (Phi) is 15.2. The second-order valence-electron chi connectivity index (χ2n) is 17.9. The van der Waals surface area contributed by atoms with Gasteiger partial charge in [-0.25, -0.2) is 4.98 Å². The summed E-state index contributed by atoms with van der Waals surface area (Å²) in [6.45, 7) is 6.65. The van der Waals surface area contributed by atoms with Gasteiger partial charge in [0.15, 0.2) is 0 Å². The number of anilines is 2. The number of hydrogen-bond acceptors (Lipinski definition) is 11. The highest BCUT2D eigenvalue weighted by Crippen LogP contribution is 2.36. The van der Waals surface area contributed by atoms with Crippen molar-refractivity contribution in [2.45, 2.75) is 148 Å². The molecule has 1 unspecified atom stereocenters. The number of pyridine rings is 1. The van der Waals surface area contributed by atoms with E-state index in [-0.39, 0.29) is 53.4 Å². The van der Waals surface area contributed by atoms with Crippen LogP contribution >= 0.6 is 0 Å². The molecule has 3 aliphatic heterocycles. The van der Waals surface area contributed by atoms with Crippen molar-refractivity contribution in [1.82, 2.24) is 35.0 Å². The Morgan fingerprint density at radius 2 is 1.57 bits per heavy atom. The van der Waals surface area contributed by atoms with Crippen molar-refractivity contribution >= 4 is 58.1 Å². The van der Waals surface area contributed by atoms with Crippen molar-refractivity contribution in [2.75, 3.05) is 36.8 Å². The minimum absolute atomic E-state index is 0.0111. The summed E-state index contributed by atoms with van der Waals surface area (Å²) in [5.74, 6) is -0.942. The van der Waals surface area contributed by atoms with Crippen molar-refractivity contribution < 1.29 is 28.8 Å². The van der Waals surface area contributed by atoms with E-state index < -0.39 is 29.7 Å². The van der Waals surface area contributed by atoms with Crippen LogP contribution in [0.5, 0.6) is 0 Å². The third-order valence-electron chi connectivity index (χ3n) is 13.3. The molecule has 5 heterocycles. The van der Waals surface area contributed by atoms with Crippen LogP contribution in [0.3, 0.4) is 0 Å². The molecule has 4 aliphatic rings. The van der Waals surface area contributed by atoms with Crippen LogP contribution in [0.2, 0.25) is 0 Å². The molecule has 6 amide bonds. The maximum atomic E-state index is 13.3. The Labute approximate surface area is 368 Å². The predicted molar refractivity (Wildman–Crippen MR) is 239 cm³/mol. The van der Waals surface area contributed by atoms with Gasteiger partial charge in [-0.15, -0.1) is 0 Å². The smallest absolute Gasteiger partial charge is 0.264 e. The molecular formula is C47H63N9O7. The van der Waals surface area contributed by atoms with Gasteiger partial charge in [0.25, 0.3) is 17.4 Å². The van der Waals surface area contributed by atoms with Gasteiger partial charge < -0.3 is 20.9 Å². The molecule has 16 nitrogen and oxygen atoms in total. The summed E-state index contributed by atoms with van der Waals surface area (Å²) in [7, 11) is 0. The van der Waals surface area contributed by atoms with E-state index in [4.69, 9.17) is 4.98 Å². The molecule has 4 N–H and O–H groups in total. The topological polar surface area (TPSA) is 205 Å². The lowest BCUT2D eigenvalue weighted by atomic mass is 10.0. The number of aryl methyl sites for hydroxylation is 1. The SMILES string of the molecule is Cc1cc2cnc(NC3CCN(C(=O)CCCCCCCCCNC(=O)CCCCNc4cccc5c4C(=O)N(C4CCC(=O)NC4=O)C5=O)CC3)nc2n([C@@H]2CCC[C@@H]2C)c1=O. The zero-order valence-corrected chi connectivity index (χ0v) is 36.8. The first kappa shape index (κ1) is 45.4. The highest BCUT2D eigenvalue weighted by molar-refractivity contribution is 6.25. The molecule has 2 aromatic heterocycles. The van der Waals surface area contributed by atoms with Gasteiger partial charge in [-0.05, 0) is 88.8 Å². The van der Waals surface area contributed by atoms with Gasteiger partial charge in [-0.3, -0.25) is 48.3 Å². The number of rotatable bonds is 20. The molecule has 0 radical (unpaired) electrons. The summed E-state index contributed by atoms with van der Waals surface area (Å²) in [5.41, 5.74) is 2.42. The second-order valence-corrected chi connectivity index (χ2v) is 17.9. The summed E-state index contributed by atoms with van der Waals surface area (Å²) in [4.78, 5) is 101. The average molecular weight is 866 g/mol. The molecule has 7 rings (SSSR count). The van der Waals surface area contributed by atoms with Crippen LogP contribution in [-0.4, -0.2) is 98.0 Å². The standard InChI is InChI=1S/C47H63N9O7/c1-30-14-12-17-36(30)55-42-32(28-31(2)44(55)61)29-50-47(53-42)51-33-22-26-54(27-23-33)40(59)19-8-6-4-3-5-7-10-25-49-38(57)18-9-11-24-48-35-16-13-15-34-41(35)46(63)56(45(34)62)37-20-21-39(58)52-43(37)60/h13,15-16,28-30,33,36-37,48H,3-12,14,17-27H2,1-2H3,(H,49,57)(H,50,51,53)(H,52,58,60)/t30-,36+,37?/m0/s1. The zero-order chi connectivity index (χ0) is 44.5. The molecule has 1 saturated carbocycles. The van der Waals surface area contributed by atoms with Crippen LogP contribution in [0.1, 0.15) is 155 Å². The fourth-order valence-corrected chi connectivity index (χ4v) is 9.66. The predicted octanol–water partition coefficient (Wildman–Crippen LogP) is 5.78. The summed E-state index contributed by atoms with van der Waals surface area (Å²) in [6.07, 6.45) is 16.4. The van der Waals surface area contributed by atoms with Crippen LogP contribution in [0.15, 0.2) is 35.3 Å². The van der Waals surface area contributed by atoms with E-state index >= 15 is 0 Å². The maximum Gasteiger partial charge on any atom is 0.264 e. The third kappa shape index (κ3) is 10.9. The molecule has 16 heteroatoms. The third-order valence-corrected chi connectivity index (χ3v) is 13.3. The first-order valence-electron chi connectivity index (χ1n) is 23.3. The number of likely N-dealkylation sites (tertiary alicyclic amines) is 1. The first-order chi connectivity index (χ1) is 30.5. The number of carbonyl (C=O) groups is 6. The Morgan fingerprint density at radius 1 is 0.841 bits per heavy atom. The van der Waals surface area contributed by atoms with Gasteiger partial charge in [0.05, 0.1) is 11.1 Å². The summed E-state index contributed by atoms with van der Waals surface area (Å²) < 4.78 is 1.91. The van der Waals surface area contributed by atoms with Crippen LogP contribution < -0.4 is 26.8 Å². The maximum absolute atomic E-state index is 13.3. The minimum atomic E-state index is -1.01. The lowest BCUT2D eigenvalue weighted by molar-refractivity contribution is -0.136. The summed E-state index contributed by atoms with van der Waals surface area (Å²) >= 11 is 0. The number of unbranched alkanes of at least 4 members (excludes halogenated alkanes) is 7. The number of benzene rings is 1. The van der Waals surface area contributed by atoms with Crippen molar-refractivity contribution in [3.05, 3.63) is 57.5 Å². The van der Waals surface area contributed by atoms with Crippen LogP contribution in [0, 0.1) is 12.8 Å². The molecule has 3 atom stereocenters. The Hall–Kier alpha value is -5.67. The number of amides is 6. The van der Waals surface area contributed by atoms with Crippen molar-refractivity contribution in [3.63, 3.8) is 0 Å². The Morgan fingerprint density at radius 3 is 2.32 bits per heavy atom. The van der Waals surface area contributed by atoms with Gasteiger partial charge in [-0.1, -0.05) is 51.5 Å². The molecule has 338 valence electrons. The quantitative estimate of drug-likeness (QED) is 0.0791.